The maximum absolute atomic E-state index is 12.6. The van der Waals surface area contributed by atoms with Gasteiger partial charge in [0.15, 0.2) is 0 Å². The molecule has 1 N–H and O–H groups in total. The zero-order chi connectivity index (χ0) is 15.9. The van der Waals surface area contributed by atoms with Crippen LogP contribution in [0.1, 0.15) is 19.4 Å². The Hall–Kier alpha value is -0.440. The Morgan fingerprint density at radius 3 is 2.20 bits per heavy atom. The van der Waals surface area contributed by atoms with Crippen molar-refractivity contribution in [1.82, 2.24) is 4.31 Å². The fourth-order valence-electron chi connectivity index (χ4n) is 1.41. The number of hydrogen-bond acceptors (Lipinski definition) is 3. The first-order valence-electron chi connectivity index (χ1n) is 5.60. The van der Waals surface area contributed by atoms with Crippen molar-refractivity contribution in [3.8, 4) is 0 Å². The van der Waals surface area contributed by atoms with Crippen LogP contribution >= 0.6 is 31.9 Å². The molecule has 0 bridgehead atoms. The summed E-state index contributed by atoms with van der Waals surface area (Å²) in [6.45, 7) is 4.50. The minimum atomic E-state index is -3.94. The molecule has 0 unspecified atom stereocenters. The molecule has 0 spiro atoms. The summed E-state index contributed by atoms with van der Waals surface area (Å²) in [5.41, 5.74) is -0.675. The number of likely N-dealkylation sites (N-methyl/N-ethyl adjacent to an activating group) is 1. The lowest BCUT2D eigenvalue weighted by atomic mass is 10.1. The number of aryl methyl sites for hydroxylation is 1. The molecule has 1 aromatic carbocycles. The number of nitrogens with zero attached hydrogens (tertiary/aromatic N) is 1. The molecule has 0 amide bonds. The second-order valence-corrected chi connectivity index (χ2v) is 8.51. The number of aliphatic carboxylic acids is 1. The van der Waals surface area contributed by atoms with E-state index in [2.05, 4.69) is 31.9 Å². The normalized spacial score (nSPS) is 12.8. The lowest BCUT2D eigenvalue weighted by Crippen LogP contribution is -2.50. The molecule has 1 rings (SSSR count). The van der Waals surface area contributed by atoms with Gasteiger partial charge in [0.05, 0.1) is 4.90 Å². The zero-order valence-corrected chi connectivity index (χ0v) is 15.4. The predicted molar refractivity (Wildman–Crippen MR) is 83.2 cm³/mol. The molecule has 112 valence electrons. The highest BCUT2D eigenvalue weighted by Gasteiger charge is 2.40. The van der Waals surface area contributed by atoms with E-state index in [1.807, 2.05) is 6.92 Å². The fraction of sp³-hybridized carbons (Fsp3) is 0.417. The lowest BCUT2D eigenvalue weighted by molar-refractivity contribution is -0.145. The van der Waals surface area contributed by atoms with Crippen LogP contribution in [0.25, 0.3) is 0 Å². The maximum atomic E-state index is 12.6. The van der Waals surface area contributed by atoms with Crippen molar-refractivity contribution in [3.05, 3.63) is 26.6 Å². The van der Waals surface area contributed by atoms with Crippen molar-refractivity contribution >= 4 is 47.9 Å². The largest absolute Gasteiger partial charge is 0.480 e. The molecule has 0 saturated heterocycles. The average Bonchev–Trinajstić information content (AvgIpc) is 2.32. The van der Waals surface area contributed by atoms with Gasteiger partial charge >= 0.3 is 5.97 Å². The number of benzene rings is 1. The predicted octanol–water partition coefficient (Wildman–Crippen LogP) is 3.00. The van der Waals surface area contributed by atoms with Crippen LogP contribution in [0.3, 0.4) is 0 Å². The van der Waals surface area contributed by atoms with Crippen molar-refractivity contribution in [1.29, 1.82) is 0 Å². The monoisotopic (exact) mass is 427 g/mol. The van der Waals surface area contributed by atoms with Crippen LogP contribution in [0.5, 0.6) is 0 Å². The molecule has 0 aromatic heterocycles. The number of carboxylic acids is 1. The van der Waals surface area contributed by atoms with E-state index < -0.39 is 21.5 Å². The first-order valence-corrected chi connectivity index (χ1v) is 8.63. The molecule has 0 aliphatic carbocycles. The van der Waals surface area contributed by atoms with Crippen molar-refractivity contribution in [2.24, 2.45) is 0 Å². The van der Waals surface area contributed by atoms with Gasteiger partial charge in [-0.05, 0) is 54.4 Å². The summed E-state index contributed by atoms with van der Waals surface area (Å²) in [5, 5.41) is 9.16. The van der Waals surface area contributed by atoms with Gasteiger partial charge in [0.25, 0.3) is 0 Å². The first-order chi connectivity index (χ1) is 8.92. The maximum Gasteiger partial charge on any atom is 0.324 e. The summed E-state index contributed by atoms with van der Waals surface area (Å²) in [6, 6.07) is 3.13. The third-order valence-corrected chi connectivity index (χ3v) is 7.01. The van der Waals surface area contributed by atoms with Crippen LogP contribution in [0.15, 0.2) is 26.0 Å². The smallest absolute Gasteiger partial charge is 0.324 e. The van der Waals surface area contributed by atoms with Crippen molar-refractivity contribution in [3.63, 3.8) is 0 Å². The molecule has 0 saturated carbocycles. The molecule has 0 heterocycles. The highest BCUT2D eigenvalue weighted by atomic mass is 79.9. The van der Waals surface area contributed by atoms with Crippen LogP contribution in [0.4, 0.5) is 0 Å². The number of carboxylic acid groups (broad SMARTS) is 1. The molecule has 1 aromatic rings. The van der Waals surface area contributed by atoms with E-state index in [1.165, 1.54) is 27.0 Å². The van der Waals surface area contributed by atoms with E-state index in [0.29, 0.717) is 8.95 Å². The SMILES string of the molecule is Cc1cc(Br)c(S(=O)(=O)N(C)C(C)(C)C(=O)O)cc1Br. The Kier molecular flexibility index (Phi) is 5.06. The van der Waals surface area contributed by atoms with Gasteiger partial charge in [-0.15, -0.1) is 0 Å². The van der Waals surface area contributed by atoms with Gasteiger partial charge in [-0.3, -0.25) is 4.79 Å². The Morgan fingerprint density at radius 1 is 1.25 bits per heavy atom. The summed E-state index contributed by atoms with van der Waals surface area (Å²) in [7, 11) is -2.68. The summed E-state index contributed by atoms with van der Waals surface area (Å²) >= 11 is 6.50. The van der Waals surface area contributed by atoms with E-state index in [1.54, 1.807) is 6.07 Å². The van der Waals surface area contributed by atoms with Crippen molar-refractivity contribution in [2.45, 2.75) is 31.2 Å². The van der Waals surface area contributed by atoms with Crippen LogP contribution in [-0.2, 0) is 14.8 Å². The van der Waals surface area contributed by atoms with Gasteiger partial charge in [0.1, 0.15) is 5.54 Å². The Morgan fingerprint density at radius 2 is 1.75 bits per heavy atom. The zero-order valence-electron chi connectivity index (χ0n) is 11.4. The minimum Gasteiger partial charge on any atom is -0.480 e. The van der Waals surface area contributed by atoms with Crippen LogP contribution < -0.4 is 0 Å². The van der Waals surface area contributed by atoms with Crippen LogP contribution in [0.2, 0.25) is 0 Å². The summed E-state index contributed by atoms with van der Waals surface area (Å²) in [5.74, 6) is -1.22. The molecule has 20 heavy (non-hydrogen) atoms. The lowest BCUT2D eigenvalue weighted by Gasteiger charge is -2.30. The quantitative estimate of drug-likeness (QED) is 0.799. The van der Waals surface area contributed by atoms with E-state index in [0.717, 1.165) is 9.87 Å². The Balaban J connectivity index is 3.46. The van der Waals surface area contributed by atoms with Gasteiger partial charge in [0, 0.05) is 16.0 Å². The topological polar surface area (TPSA) is 74.7 Å². The molecule has 0 atom stereocenters. The van der Waals surface area contributed by atoms with Crippen LogP contribution in [-0.4, -0.2) is 36.4 Å². The number of carbonyl (C=O) groups is 1. The molecular formula is C12H15Br2NO4S. The van der Waals surface area contributed by atoms with E-state index >= 15 is 0 Å². The van der Waals surface area contributed by atoms with Crippen LogP contribution in [0, 0.1) is 6.92 Å². The van der Waals surface area contributed by atoms with Gasteiger partial charge in [-0.25, -0.2) is 8.42 Å². The van der Waals surface area contributed by atoms with Gasteiger partial charge in [-0.1, -0.05) is 15.9 Å². The van der Waals surface area contributed by atoms with Gasteiger partial charge in [0.2, 0.25) is 10.0 Å². The Labute approximate surface area is 135 Å². The molecule has 0 aliphatic rings. The number of rotatable bonds is 4. The van der Waals surface area contributed by atoms with E-state index in [-0.39, 0.29) is 4.90 Å². The third kappa shape index (κ3) is 3.08. The molecule has 0 fully saturated rings. The molecule has 0 aliphatic heterocycles. The number of halogens is 2. The average molecular weight is 429 g/mol. The second-order valence-electron chi connectivity index (χ2n) is 4.87. The summed E-state index contributed by atoms with van der Waals surface area (Å²) in [4.78, 5) is 11.2. The summed E-state index contributed by atoms with van der Waals surface area (Å²) in [6.07, 6.45) is 0. The fourth-order valence-corrected chi connectivity index (χ4v) is 4.52. The van der Waals surface area contributed by atoms with Gasteiger partial charge < -0.3 is 5.11 Å². The number of hydrogen-bond donors (Lipinski definition) is 1. The molecule has 8 heteroatoms. The molecule has 5 nitrogen and oxygen atoms in total. The highest BCUT2D eigenvalue weighted by Crippen LogP contribution is 2.32. The van der Waals surface area contributed by atoms with E-state index in [9.17, 15) is 13.2 Å². The van der Waals surface area contributed by atoms with Crippen molar-refractivity contribution < 1.29 is 18.3 Å². The van der Waals surface area contributed by atoms with E-state index in [4.69, 9.17) is 5.11 Å². The summed E-state index contributed by atoms with van der Waals surface area (Å²) < 4.78 is 27.0. The molecule has 0 radical (unpaired) electrons. The number of sulfonamides is 1. The standard InChI is InChI=1S/C12H15Br2NO4S/c1-7-5-9(14)10(6-8(7)13)20(18,19)15(4)12(2,3)11(16)17/h5-6H,1-4H3,(H,16,17). The van der Waals surface area contributed by atoms with Gasteiger partial charge in [-0.2, -0.15) is 4.31 Å². The highest BCUT2D eigenvalue weighted by molar-refractivity contribution is 9.11. The molecular weight excluding hydrogens is 414 g/mol. The first kappa shape index (κ1) is 17.6. The minimum absolute atomic E-state index is 0.0202. The van der Waals surface area contributed by atoms with Crippen molar-refractivity contribution in [2.75, 3.05) is 7.05 Å². The third-order valence-electron chi connectivity index (χ3n) is 3.16. The second kappa shape index (κ2) is 5.75. The Bertz CT molecular complexity index is 656.